The van der Waals surface area contributed by atoms with Gasteiger partial charge in [0.2, 0.25) is 11.8 Å². The van der Waals surface area contributed by atoms with Crippen molar-refractivity contribution in [3.05, 3.63) is 71.0 Å². The van der Waals surface area contributed by atoms with Crippen LogP contribution in [0.2, 0.25) is 0 Å². The Morgan fingerprint density at radius 2 is 1.90 bits per heavy atom. The van der Waals surface area contributed by atoms with E-state index in [1.807, 2.05) is 57.2 Å². The summed E-state index contributed by atoms with van der Waals surface area (Å²) in [4.78, 5) is 32.5. The van der Waals surface area contributed by atoms with Crippen LogP contribution in [-0.2, 0) is 22.6 Å². The predicted octanol–water partition coefficient (Wildman–Crippen LogP) is 4.13. The van der Waals surface area contributed by atoms with Gasteiger partial charge in [0, 0.05) is 29.3 Å². The molecule has 3 aromatic rings. The number of thiazole rings is 1. The number of ether oxygens (including phenoxy) is 1. The Morgan fingerprint density at radius 3 is 2.58 bits per heavy atom. The Bertz CT molecular complexity index is 1000. The highest BCUT2D eigenvalue weighted by Crippen LogP contribution is 2.20. The molecule has 7 nitrogen and oxygen atoms in total. The van der Waals surface area contributed by atoms with E-state index in [-0.39, 0.29) is 30.2 Å². The number of aromatic nitrogens is 2. The zero-order valence-electron chi connectivity index (χ0n) is 17.8. The SMILES string of the molecule is CC(C)C(=O)Nc1nc(CC(=O)NC(C)c2ccc(OCc3cccnc3)cc2)cs1. The first-order valence-electron chi connectivity index (χ1n) is 10.1. The number of hydrogen-bond acceptors (Lipinski definition) is 6. The molecule has 3 rings (SSSR count). The van der Waals surface area contributed by atoms with Crippen molar-refractivity contribution in [3.8, 4) is 5.75 Å². The van der Waals surface area contributed by atoms with Crippen LogP contribution < -0.4 is 15.4 Å². The van der Waals surface area contributed by atoms with E-state index in [9.17, 15) is 9.59 Å². The van der Waals surface area contributed by atoms with Gasteiger partial charge in [0.25, 0.3) is 0 Å². The number of carbonyl (C=O) groups is 2. The molecule has 0 aliphatic carbocycles. The number of amides is 2. The third-order valence-electron chi connectivity index (χ3n) is 4.53. The summed E-state index contributed by atoms with van der Waals surface area (Å²) >= 11 is 1.32. The first kappa shape index (κ1) is 22.4. The van der Waals surface area contributed by atoms with Crippen LogP contribution in [0.5, 0.6) is 5.75 Å². The van der Waals surface area contributed by atoms with Gasteiger partial charge in [-0.25, -0.2) is 4.98 Å². The Morgan fingerprint density at radius 1 is 1.13 bits per heavy atom. The standard InChI is InChI=1S/C23H26N4O3S/c1-15(2)22(29)27-23-26-19(14-31-23)11-21(28)25-16(3)18-6-8-20(9-7-18)30-13-17-5-4-10-24-12-17/h4-10,12,14-16H,11,13H2,1-3H3,(H,25,28)(H,26,27,29). The number of pyridine rings is 1. The van der Waals surface area contributed by atoms with E-state index in [1.165, 1.54) is 11.3 Å². The Kier molecular flexibility index (Phi) is 7.72. The third kappa shape index (κ3) is 6.89. The Labute approximate surface area is 185 Å². The molecule has 162 valence electrons. The van der Waals surface area contributed by atoms with Gasteiger partial charge in [0.05, 0.1) is 18.2 Å². The normalized spacial score (nSPS) is 11.7. The van der Waals surface area contributed by atoms with E-state index >= 15 is 0 Å². The molecule has 0 aliphatic heterocycles. The van der Waals surface area contributed by atoms with Crippen LogP contribution in [-0.4, -0.2) is 21.8 Å². The quantitative estimate of drug-likeness (QED) is 0.524. The fourth-order valence-corrected chi connectivity index (χ4v) is 3.45. The maximum atomic E-state index is 12.4. The molecule has 0 saturated carbocycles. The number of benzene rings is 1. The molecule has 2 N–H and O–H groups in total. The zero-order valence-corrected chi connectivity index (χ0v) is 18.6. The van der Waals surface area contributed by atoms with E-state index in [0.717, 1.165) is 16.9 Å². The van der Waals surface area contributed by atoms with Crippen molar-refractivity contribution in [2.45, 2.75) is 39.8 Å². The van der Waals surface area contributed by atoms with Gasteiger partial charge in [0.1, 0.15) is 12.4 Å². The van der Waals surface area contributed by atoms with Crippen molar-refractivity contribution < 1.29 is 14.3 Å². The molecule has 0 saturated heterocycles. The molecule has 1 unspecified atom stereocenters. The van der Waals surface area contributed by atoms with Crippen LogP contribution in [0.15, 0.2) is 54.2 Å². The second-order valence-electron chi connectivity index (χ2n) is 7.47. The van der Waals surface area contributed by atoms with E-state index in [0.29, 0.717) is 17.4 Å². The van der Waals surface area contributed by atoms with Crippen LogP contribution in [0.1, 0.15) is 43.6 Å². The van der Waals surface area contributed by atoms with Gasteiger partial charge in [-0.1, -0.05) is 32.0 Å². The minimum absolute atomic E-state index is 0.0909. The summed E-state index contributed by atoms with van der Waals surface area (Å²) in [6, 6.07) is 11.3. The van der Waals surface area contributed by atoms with Gasteiger partial charge in [0.15, 0.2) is 5.13 Å². The van der Waals surface area contributed by atoms with Crippen molar-refractivity contribution in [2.75, 3.05) is 5.32 Å². The number of anilines is 1. The molecule has 1 aromatic carbocycles. The van der Waals surface area contributed by atoms with Gasteiger partial charge < -0.3 is 15.4 Å². The summed E-state index contributed by atoms with van der Waals surface area (Å²) in [5.41, 5.74) is 2.61. The highest BCUT2D eigenvalue weighted by molar-refractivity contribution is 7.13. The summed E-state index contributed by atoms with van der Waals surface area (Å²) in [6.45, 7) is 6.02. The van der Waals surface area contributed by atoms with E-state index in [1.54, 1.807) is 17.8 Å². The van der Waals surface area contributed by atoms with E-state index in [2.05, 4.69) is 20.6 Å². The monoisotopic (exact) mass is 438 g/mol. The third-order valence-corrected chi connectivity index (χ3v) is 5.34. The Hall–Kier alpha value is -3.26. The van der Waals surface area contributed by atoms with Crippen LogP contribution >= 0.6 is 11.3 Å². The van der Waals surface area contributed by atoms with Gasteiger partial charge >= 0.3 is 0 Å². The topological polar surface area (TPSA) is 93.2 Å². The maximum absolute atomic E-state index is 12.4. The fourth-order valence-electron chi connectivity index (χ4n) is 2.74. The number of nitrogens with zero attached hydrogens (tertiary/aromatic N) is 2. The molecule has 1 atom stereocenters. The largest absolute Gasteiger partial charge is 0.489 e. The van der Waals surface area contributed by atoms with Crippen molar-refractivity contribution >= 4 is 28.3 Å². The first-order valence-corrected chi connectivity index (χ1v) is 10.9. The molecule has 0 aliphatic rings. The number of rotatable bonds is 9. The van der Waals surface area contributed by atoms with Crippen molar-refractivity contribution in [3.63, 3.8) is 0 Å². The molecule has 0 bridgehead atoms. The van der Waals surface area contributed by atoms with Crippen molar-refractivity contribution in [1.29, 1.82) is 0 Å². The smallest absolute Gasteiger partial charge is 0.228 e. The number of carbonyl (C=O) groups excluding carboxylic acids is 2. The molecule has 2 aromatic heterocycles. The molecule has 0 spiro atoms. The second-order valence-corrected chi connectivity index (χ2v) is 8.33. The average Bonchev–Trinajstić information content (AvgIpc) is 3.19. The second kappa shape index (κ2) is 10.7. The summed E-state index contributed by atoms with van der Waals surface area (Å²) < 4.78 is 5.77. The van der Waals surface area contributed by atoms with E-state index in [4.69, 9.17) is 4.74 Å². The summed E-state index contributed by atoms with van der Waals surface area (Å²) in [7, 11) is 0. The molecule has 2 heterocycles. The molecule has 8 heteroatoms. The summed E-state index contributed by atoms with van der Waals surface area (Å²) in [5.74, 6) is 0.413. The highest BCUT2D eigenvalue weighted by Gasteiger charge is 2.14. The van der Waals surface area contributed by atoms with Gasteiger partial charge in [-0.15, -0.1) is 11.3 Å². The summed E-state index contributed by atoms with van der Waals surface area (Å²) in [6.07, 6.45) is 3.66. The lowest BCUT2D eigenvalue weighted by Gasteiger charge is -2.15. The van der Waals surface area contributed by atoms with Crippen molar-refractivity contribution in [2.24, 2.45) is 5.92 Å². The lowest BCUT2D eigenvalue weighted by molar-refractivity contribution is -0.121. The Balaban J connectivity index is 1.48. The maximum Gasteiger partial charge on any atom is 0.228 e. The van der Waals surface area contributed by atoms with Gasteiger partial charge in [-0.05, 0) is 30.7 Å². The molecule has 31 heavy (non-hydrogen) atoms. The molecule has 0 radical (unpaired) electrons. The minimum Gasteiger partial charge on any atom is -0.489 e. The lowest BCUT2D eigenvalue weighted by Crippen LogP contribution is -2.28. The highest BCUT2D eigenvalue weighted by atomic mass is 32.1. The molecule has 0 fully saturated rings. The minimum atomic E-state index is -0.154. The first-order chi connectivity index (χ1) is 14.9. The molecular weight excluding hydrogens is 412 g/mol. The average molecular weight is 439 g/mol. The zero-order chi connectivity index (χ0) is 22.2. The van der Waals surface area contributed by atoms with Gasteiger partial charge in [-0.2, -0.15) is 0 Å². The van der Waals surface area contributed by atoms with E-state index < -0.39 is 0 Å². The van der Waals surface area contributed by atoms with Crippen LogP contribution in [0.25, 0.3) is 0 Å². The van der Waals surface area contributed by atoms with Crippen LogP contribution in [0.3, 0.4) is 0 Å². The van der Waals surface area contributed by atoms with Gasteiger partial charge in [-0.3, -0.25) is 14.6 Å². The fraction of sp³-hybridized carbons (Fsp3) is 0.304. The van der Waals surface area contributed by atoms with Crippen molar-refractivity contribution in [1.82, 2.24) is 15.3 Å². The molecule has 2 amide bonds. The number of hydrogen-bond donors (Lipinski definition) is 2. The lowest BCUT2D eigenvalue weighted by atomic mass is 10.1. The molecular formula is C23H26N4O3S. The predicted molar refractivity (Wildman–Crippen MR) is 121 cm³/mol. The summed E-state index contributed by atoms with van der Waals surface area (Å²) in [5, 5.41) is 8.03. The number of nitrogens with one attached hydrogen (secondary N) is 2. The van der Waals surface area contributed by atoms with Crippen LogP contribution in [0, 0.1) is 5.92 Å². The van der Waals surface area contributed by atoms with Crippen LogP contribution in [0.4, 0.5) is 5.13 Å².